The largest absolute Gasteiger partial charge is 0.478 e. The number of carboxylic acids is 1. The minimum absolute atomic E-state index is 0.303. The van der Waals surface area contributed by atoms with Gasteiger partial charge in [0.25, 0.3) is 0 Å². The fourth-order valence-corrected chi connectivity index (χ4v) is 2.96. The molecular weight excluding hydrogens is 238 g/mol. The molecule has 2 N–H and O–H groups in total. The van der Waals surface area contributed by atoms with Gasteiger partial charge < -0.3 is 10.4 Å². The van der Waals surface area contributed by atoms with Crippen molar-refractivity contribution >= 4 is 11.7 Å². The molecule has 0 aliphatic heterocycles. The maximum absolute atomic E-state index is 11.0. The highest BCUT2D eigenvalue weighted by Crippen LogP contribution is 2.37. The van der Waals surface area contributed by atoms with E-state index in [9.17, 15) is 4.79 Å². The molecule has 1 aliphatic carbocycles. The van der Waals surface area contributed by atoms with Crippen LogP contribution in [0.25, 0.3) is 0 Å². The molecule has 1 saturated carbocycles. The van der Waals surface area contributed by atoms with E-state index in [1.54, 1.807) is 6.07 Å². The van der Waals surface area contributed by atoms with Crippen molar-refractivity contribution < 1.29 is 9.90 Å². The van der Waals surface area contributed by atoms with E-state index in [1.165, 1.54) is 25.7 Å². The van der Waals surface area contributed by atoms with Crippen molar-refractivity contribution in [1.82, 2.24) is 0 Å². The van der Waals surface area contributed by atoms with Crippen LogP contribution in [0.1, 0.15) is 55.5 Å². The lowest BCUT2D eigenvalue weighted by atomic mass is 9.73. The van der Waals surface area contributed by atoms with Crippen LogP contribution in [0.4, 0.5) is 5.69 Å². The molecule has 2 rings (SSSR count). The van der Waals surface area contributed by atoms with E-state index in [4.69, 9.17) is 5.11 Å². The zero-order valence-corrected chi connectivity index (χ0v) is 12.0. The Kier molecular flexibility index (Phi) is 3.83. The number of carbonyl (C=O) groups is 1. The summed E-state index contributed by atoms with van der Waals surface area (Å²) >= 11 is 0. The quantitative estimate of drug-likeness (QED) is 0.862. The number of nitrogens with one attached hydrogen (secondary N) is 1. The molecular formula is C16H23NO2. The second-order valence-corrected chi connectivity index (χ2v) is 6.27. The number of aryl methyl sites for hydroxylation is 1. The van der Waals surface area contributed by atoms with Gasteiger partial charge in [-0.3, -0.25) is 0 Å². The molecule has 3 heteroatoms. The molecule has 0 bridgehead atoms. The molecule has 0 saturated heterocycles. The number of aromatic carboxylic acids is 1. The van der Waals surface area contributed by atoms with Crippen LogP contribution >= 0.6 is 0 Å². The second-order valence-electron chi connectivity index (χ2n) is 6.27. The smallest absolute Gasteiger partial charge is 0.335 e. The third-order valence-electron chi connectivity index (χ3n) is 4.30. The Labute approximate surface area is 115 Å². The second kappa shape index (κ2) is 5.24. The lowest BCUT2D eigenvalue weighted by molar-refractivity contribution is 0.0696. The molecule has 1 aliphatic rings. The Hall–Kier alpha value is -1.51. The van der Waals surface area contributed by atoms with Crippen molar-refractivity contribution in [2.75, 3.05) is 5.32 Å². The molecule has 1 atom stereocenters. The van der Waals surface area contributed by atoms with Gasteiger partial charge in [-0.2, -0.15) is 0 Å². The first kappa shape index (κ1) is 13.9. The van der Waals surface area contributed by atoms with Gasteiger partial charge in [0, 0.05) is 11.7 Å². The first-order chi connectivity index (χ1) is 8.90. The molecule has 19 heavy (non-hydrogen) atoms. The summed E-state index contributed by atoms with van der Waals surface area (Å²) in [4.78, 5) is 11.0. The lowest BCUT2D eigenvalue weighted by Gasteiger charge is -2.39. The van der Waals surface area contributed by atoms with Crippen LogP contribution in [0, 0.1) is 12.3 Å². The van der Waals surface area contributed by atoms with Gasteiger partial charge in [-0.15, -0.1) is 0 Å². The summed E-state index contributed by atoms with van der Waals surface area (Å²) in [5, 5.41) is 12.6. The summed E-state index contributed by atoms with van der Waals surface area (Å²) in [6.45, 7) is 6.46. The van der Waals surface area contributed by atoms with Gasteiger partial charge in [-0.25, -0.2) is 4.79 Å². The molecule has 1 fully saturated rings. The lowest BCUT2D eigenvalue weighted by Crippen LogP contribution is -2.38. The van der Waals surface area contributed by atoms with Gasteiger partial charge in [0.2, 0.25) is 0 Å². The average molecular weight is 261 g/mol. The number of anilines is 1. The minimum Gasteiger partial charge on any atom is -0.478 e. The number of benzene rings is 1. The predicted octanol–water partition coefficient (Wildman–Crippen LogP) is 4.07. The molecule has 1 aromatic rings. The van der Waals surface area contributed by atoms with Crippen LogP contribution < -0.4 is 5.32 Å². The first-order valence-corrected chi connectivity index (χ1v) is 7.00. The normalized spacial score (nSPS) is 21.9. The standard InChI is InChI=1S/C16H23NO2/c1-11-10-12(7-8-13(11)15(18)19)17-14-6-4-5-9-16(14,2)3/h7-8,10,14,17H,4-6,9H2,1-3H3,(H,18,19). The highest BCUT2D eigenvalue weighted by atomic mass is 16.4. The molecule has 0 heterocycles. The Morgan fingerprint density at radius 1 is 1.37 bits per heavy atom. The zero-order chi connectivity index (χ0) is 14.0. The highest BCUT2D eigenvalue weighted by Gasteiger charge is 2.32. The van der Waals surface area contributed by atoms with E-state index in [-0.39, 0.29) is 0 Å². The van der Waals surface area contributed by atoms with E-state index in [0.717, 1.165) is 11.3 Å². The molecule has 0 amide bonds. The van der Waals surface area contributed by atoms with E-state index in [1.807, 2.05) is 19.1 Å². The number of hydrogen-bond acceptors (Lipinski definition) is 2. The van der Waals surface area contributed by atoms with Crippen LogP contribution in [0.5, 0.6) is 0 Å². The first-order valence-electron chi connectivity index (χ1n) is 7.00. The number of rotatable bonds is 3. The van der Waals surface area contributed by atoms with Crippen LogP contribution in [0.2, 0.25) is 0 Å². The zero-order valence-electron chi connectivity index (χ0n) is 12.0. The van der Waals surface area contributed by atoms with Gasteiger partial charge in [0.1, 0.15) is 0 Å². The molecule has 3 nitrogen and oxygen atoms in total. The van der Waals surface area contributed by atoms with Crippen molar-refractivity contribution in [2.45, 2.75) is 52.5 Å². The Bertz CT molecular complexity index is 480. The fraction of sp³-hybridized carbons (Fsp3) is 0.562. The maximum atomic E-state index is 11.0. The molecule has 1 aromatic carbocycles. The van der Waals surface area contributed by atoms with Crippen LogP contribution in [-0.2, 0) is 0 Å². The Balaban J connectivity index is 2.15. The topological polar surface area (TPSA) is 49.3 Å². The Morgan fingerprint density at radius 3 is 2.68 bits per heavy atom. The minimum atomic E-state index is -0.859. The van der Waals surface area contributed by atoms with E-state index < -0.39 is 5.97 Å². The third-order valence-corrected chi connectivity index (χ3v) is 4.30. The van der Waals surface area contributed by atoms with Crippen molar-refractivity contribution in [3.8, 4) is 0 Å². The van der Waals surface area contributed by atoms with Crippen LogP contribution in [0.15, 0.2) is 18.2 Å². The predicted molar refractivity (Wildman–Crippen MR) is 77.8 cm³/mol. The molecule has 104 valence electrons. The molecule has 0 radical (unpaired) electrons. The number of hydrogen-bond donors (Lipinski definition) is 2. The van der Waals surface area contributed by atoms with Crippen LogP contribution in [0.3, 0.4) is 0 Å². The third kappa shape index (κ3) is 3.09. The summed E-state index contributed by atoms with van der Waals surface area (Å²) in [5.74, 6) is -0.859. The van der Waals surface area contributed by atoms with Crippen LogP contribution in [-0.4, -0.2) is 17.1 Å². The van der Waals surface area contributed by atoms with Gasteiger partial charge >= 0.3 is 5.97 Å². The average Bonchev–Trinajstić information content (AvgIpc) is 2.31. The van der Waals surface area contributed by atoms with E-state index >= 15 is 0 Å². The summed E-state index contributed by atoms with van der Waals surface area (Å²) < 4.78 is 0. The van der Waals surface area contributed by atoms with Crippen molar-refractivity contribution in [3.05, 3.63) is 29.3 Å². The summed E-state index contributed by atoms with van der Waals surface area (Å²) in [6, 6.07) is 5.97. The van der Waals surface area contributed by atoms with Gasteiger partial charge in [0.15, 0.2) is 0 Å². The van der Waals surface area contributed by atoms with Gasteiger partial charge in [-0.1, -0.05) is 26.7 Å². The fourth-order valence-electron chi connectivity index (χ4n) is 2.96. The van der Waals surface area contributed by atoms with Gasteiger partial charge in [0.05, 0.1) is 5.56 Å². The SMILES string of the molecule is Cc1cc(NC2CCCCC2(C)C)ccc1C(=O)O. The highest BCUT2D eigenvalue weighted by molar-refractivity contribution is 5.89. The number of carboxylic acid groups (broad SMARTS) is 1. The molecule has 1 unspecified atom stereocenters. The molecule has 0 aromatic heterocycles. The summed E-state index contributed by atoms with van der Waals surface area (Å²) in [5.41, 5.74) is 2.53. The molecule has 0 spiro atoms. The summed E-state index contributed by atoms with van der Waals surface area (Å²) in [6.07, 6.45) is 5.01. The monoisotopic (exact) mass is 261 g/mol. The van der Waals surface area contributed by atoms with E-state index in [0.29, 0.717) is 17.0 Å². The van der Waals surface area contributed by atoms with Gasteiger partial charge in [-0.05, 0) is 48.9 Å². The summed E-state index contributed by atoms with van der Waals surface area (Å²) in [7, 11) is 0. The van der Waals surface area contributed by atoms with E-state index in [2.05, 4.69) is 19.2 Å². The maximum Gasteiger partial charge on any atom is 0.335 e. The Morgan fingerprint density at radius 2 is 2.11 bits per heavy atom. The van der Waals surface area contributed by atoms with Crippen molar-refractivity contribution in [1.29, 1.82) is 0 Å². The van der Waals surface area contributed by atoms with Crippen molar-refractivity contribution in [3.63, 3.8) is 0 Å². The van der Waals surface area contributed by atoms with Crippen molar-refractivity contribution in [2.24, 2.45) is 5.41 Å².